The van der Waals surface area contributed by atoms with E-state index in [1.54, 1.807) is 12.1 Å². The first kappa shape index (κ1) is 10.5. The molecule has 0 fully saturated rings. The van der Waals surface area contributed by atoms with E-state index in [-0.39, 0.29) is 0 Å². The summed E-state index contributed by atoms with van der Waals surface area (Å²) >= 11 is 0. The van der Waals surface area contributed by atoms with Crippen LogP contribution in [0.1, 0.15) is 0 Å². The average molecular weight is 194 g/mol. The number of aliphatic hydroxyl groups is 1. The second kappa shape index (κ2) is 4.62. The Morgan fingerprint density at radius 3 is 2.36 bits per heavy atom. The normalized spacial score (nSPS) is 9.64. The van der Waals surface area contributed by atoms with Crippen molar-refractivity contribution in [1.29, 1.82) is 0 Å². The highest BCUT2D eigenvalue weighted by molar-refractivity contribution is 5.91. The number of benzene rings is 1. The topological polar surface area (TPSA) is 52.6 Å². The van der Waals surface area contributed by atoms with E-state index in [0.29, 0.717) is 5.69 Å². The number of amides is 1. The van der Waals surface area contributed by atoms with Crippen molar-refractivity contribution in [3.05, 3.63) is 24.3 Å². The van der Waals surface area contributed by atoms with Gasteiger partial charge >= 0.3 is 0 Å². The Kier molecular flexibility index (Phi) is 3.48. The molecule has 2 N–H and O–H groups in total. The maximum Gasteiger partial charge on any atom is 0.250 e. The summed E-state index contributed by atoms with van der Waals surface area (Å²) in [4.78, 5) is 12.8. The molecule has 0 heterocycles. The lowest BCUT2D eigenvalue weighted by atomic mass is 10.2. The molecular formula is C10H14N2O2. The van der Waals surface area contributed by atoms with Gasteiger partial charge < -0.3 is 15.3 Å². The second-order valence-corrected chi connectivity index (χ2v) is 3.15. The maximum absolute atomic E-state index is 10.8. The molecule has 1 aromatic carbocycles. The van der Waals surface area contributed by atoms with Crippen LogP contribution in [0.5, 0.6) is 0 Å². The van der Waals surface area contributed by atoms with Crippen molar-refractivity contribution < 1.29 is 9.90 Å². The third kappa shape index (κ3) is 2.74. The van der Waals surface area contributed by atoms with Crippen LogP contribution < -0.4 is 10.2 Å². The fraction of sp³-hybridized carbons (Fsp3) is 0.300. The smallest absolute Gasteiger partial charge is 0.250 e. The summed E-state index contributed by atoms with van der Waals surface area (Å²) in [6.07, 6.45) is 0. The van der Waals surface area contributed by atoms with Gasteiger partial charge in [-0.1, -0.05) is 0 Å². The van der Waals surface area contributed by atoms with Crippen LogP contribution in [0, 0.1) is 0 Å². The van der Waals surface area contributed by atoms with Gasteiger partial charge in [-0.15, -0.1) is 0 Å². The summed E-state index contributed by atoms with van der Waals surface area (Å²) in [6, 6.07) is 7.38. The molecule has 1 amide bonds. The summed E-state index contributed by atoms with van der Waals surface area (Å²) < 4.78 is 0. The minimum Gasteiger partial charge on any atom is -0.387 e. The zero-order valence-electron chi connectivity index (χ0n) is 8.32. The Bertz CT molecular complexity index is 306. The molecule has 4 heteroatoms. The molecule has 0 bridgehead atoms. The largest absolute Gasteiger partial charge is 0.387 e. The van der Waals surface area contributed by atoms with Crippen molar-refractivity contribution in [3.63, 3.8) is 0 Å². The molecular weight excluding hydrogens is 180 g/mol. The van der Waals surface area contributed by atoms with Gasteiger partial charge in [0.25, 0.3) is 0 Å². The number of carbonyl (C=O) groups excluding carboxylic acids is 1. The van der Waals surface area contributed by atoms with E-state index in [0.717, 1.165) is 5.69 Å². The Morgan fingerprint density at radius 1 is 1.36 bits per heavy atom. The third-order valence-corrected chi connectivity index (χ3v) is 1.81. The highest BCUT2D eigenvalue weighted by atomic mass is 16.3. The zero-order chi connectivity index (χ0) is 10.6. The number of anilines is 2. The number of hydrogen-bond donors (Lipinski definition) is 2. The molecule has 0 aliphatic rings. The number of nitrogens with zero attached hydrogens (tertiary/aromatic N) is 1. The van der Waals surface area contributed by atoms with E-state index in [4.69, 9.17) is 5.11 Å². The minimum absolute atomic E-state index is 0.400. The van der Waals surface area contributed by atoms with Gasteiger partial charge in [-0.2, -0.15) is 0 Å². The summed E-state index contributed by atoms with van der Waals surface area (Å²) in [7, 11) is 3.89. The van der Waals surface area contributed by atoms with Gasteiger partial charge in [-0.25, -0.2) is 0 Å². The quantitative estimate of drug-likeness (QED) is 0.744. The predicted molar refractivity (Wildman–Crippen MR) is 56.5 cm³/mol. The minimum atomic E-state index is -0.491. The zero-order valence-corrected chi connectivity index (χ0v) is 8.32. The Labute approximate surface area is 83.2 Å². The molecule has 0 unspecified atom stereocenters. The van der Waals surface area contributed by atoms with Crippen LogP contribution in [-0.2, 0) is 4.79 Å². The highest BCUT2D eigenvalue weighted by Gasteiger charge is 1.99. The van der Waals surface area contributed by atoms with Crippen LogP contribution in [0.15, 0.2) is 24.3 Å². The molecule has 0 saturated carbocycles. The lowest BCUT2D eigenvalue weighted by Gasteiger charge is -2.12. The van der Waals surface area contributed by atoms with Crippen molar-refractivity contribution in [1.82, 2.24) is 0 Å². The molecule has 0 atom stereocenters. The number of carbonyl (C=O) groups is 1. The van der Waals surface area contributed by atoms with Crippen LogP contribution >= 0.6 is 0 Å². The molecule has 0 saturated heterocycles. The lowest BCUT2D eigenvalue weighted by Crippen LogP contribution is -2.15. The average Bonchev–Trinajstić information content (AvgIpc) is 2.18. The molecule has 0 spiro atoms. The number of aliphatic hydroxyl groups excluding tert-OH is 1. The first-order valence-electron chi connectivity index (χ1n) is 4.31. The van der Waals surface area contributed by atoms with Gasteiger partial charge in [0, 0.05) is 25.5 Å². The number of hydrogen-bond acceptors (Lipinski definition) is 3. The van der Waals surface area contributed by atoms with E-state index in [2.05, 4.69) is 5.32 Å². The first-order valence-corrected chi connectivity index (χ1v) is 4.31. The molecule has 0 radical (unpaired) electrons. The number of rotatable bonds is 3. The molecule has 1 aromatic rings. The van der Waals surface area contributed by atoms with Crippen molar-refractivity contribution in [2.45, 2.75) is 0 Å². The summed E-state index contributed by atoms with van der Waals surface area (Å²) in [6.45, 7) is -0.491. The van der Waals surface area contributed by atoms with E-state index < -0.39 is 12.5 Å². The van der Waals surface area contributed by atoms with Crippen molar-refractivity contribution in [3.8, 4) is 0 Å². The van der Waals surface area contributed by atoms with E-state index >= 15 is 0 Å². The van der Waals surface area contributed by atoms with Crippen molar-refractivity contribution in [2.75, 3.05) is 30.9 Å². The summed E-state index contributed by atoms with van der Waals surface area (Å²) in [5.74, 6) is -0.400. The number of nitrogens with one attached hydrogen (secondary N) is 1. The van der Waals surface area contributed by atoms with Gasteiger partial charge in [0.2, 0.25) is 5.91 Å². The van der Waals surface area contributed by atoms with Gasteiger partial charge in [-0.3, -0.25) is 4.79 Å². The van der Waals surface area contributed by atoms with Crippen LogP contribution in [0.3, 0.4) is 0 Å². The van der Waals surface area contributed by atoms with Gasteiger partial charge in [0.15, 0.2) is 0 Å². The SMILES string of the molecule is CN(C)c1ccc(NC(=O)CO)cc1. The Balaban J connectivity index is 2.69. The van der Waals surface area contributed by atoms with Crippen molar-refractivity contribution >= 4 is 17.3 Å². The predicted octanol–water partition coefficient (Wildman–Crippen LogP) is 0.683. The lowest BCUT2D eigenvalue weighted by molar-refractivity contribution is -0.118. The molecule has 1 rings (SSSR count). The molecule has 14 heavy (non-hydrogen) atoms. The second-order valence-electron chi connectivity index (χ2n) is 3.15. The molecule has 0 aromatic heterocycles. The Morgan fingerprint density at radius 2 is 1.93 bits per heavy atom. The Hall–Kier alpha value is -1.55. The maximum atomic E-state index is 10.8. The molecule has 76 valence electrons. The van der Waals surface area contributed by atoms with E-state index in [1.165, 1.54) is 0 Å². The standard InChI is InChI=1S/C10H14N2O2/c1-12(2)9-5-3-8(4-6-9)11-10(14)7-13/h3-6,13H,7H2,1-2H3,(H,11,14). The van der Waals surface area contributed by atoms with Crippen molar-refractivity contribution in [2.24, 2.45) is 0 Å². The van der Waals surface area contributed by atoms with Gasteiger partial charge in [0.05, 0.1) is 0 Å². The fourth-order valence-electron chi connectivity index (χ4n) is 1.04. The van der Waals surface area contributed by atoms with E-state index in [1.807, 2.05) is 31.1 Å². The molecule has 0 aliphatic heterocycles. The van der Waals surface area contributed by atoms with Gasteiger partial charge in [-0.05, 0) is 24.3 Å². The molecule has 0 aliphatic carbocycles. The van der Waals surface area contributed by atoms with Crippen LogP contribution in [0.2, 0.25) is 0 Å². The van der Waals surface area contributed by atoms with Crippen LogP contribution in [0.25, 0.3) is 0 Å². The van der Waals surface area contributed by atoms with E-state index in [9.17, 15) is 4.79 Å². The summed E-state index contributed by atoms with van der Waals surface area (Å²) in [5.41, 5.74) is 1.75. The van der Waals surface area contributed by atoms with Crippen LogP contribution in [0.4, 0.5) is 11.4 Å². The monoisotopic (exact) mass is 194 g/mol. The molecule has 4 nitrogen and oxygen atoms in total. The van der Waals surface area contributed by atoms with Crippen LogP contribution in [-0.4, -0.2) is 31.7 Å². The third-order valence-electron chi connectivity index (χ3n) is 1.81. The fourth-order valence-corrected chi connectivity index (χ4v) is 1.04. The first-order chi connectivity index (χ1) is 6.63. The van der Waals surface area contributed by atoms with Gasteiger partial charge in [0.1, 0.15) is 6.61 Å². The summed E-state index contributed by atoms with van der Waals surface area (Å²) in [5, 5.41) is 11.1. The highest BCUT2D eigenvalue weighted by Crippen LogP contribution is 2.15.